The van der Waals surface area contributed by atoms with Crippen molar-refractivity contribution in [3.05, 3.63) is 41.8 Å². The summed E-state index contributed by atoms with van der Waals surface area (Å²) >= 11 is 1.60. The summed E-state index contributed by atoms with van der Waals surface area (Å²) in [5.41, 5.74) is 7.54. The number of hydrogen-bond donors (Lipinski definition) is 1. The Bertz CT molecular complexity index is 1190. The minimum absolute atomic E-state index is 0.126. The smallest absolute Gasteiger partial charge is 0.234 e. The summed E-state index contributed by atoms with van der Waals surface area (Å²) in [7, 11) is 0. The average Bonchev–Trinajstić information content (AvgIpc) is 3.31. The van der Waals surface area contributed by atoms with Gasteiger partial charge >= 0.3 is 0 Å². The van der Waals surface area contributed by atoms with Gasteiger partial charge in [-0.05, 0) is 54.8 Å². The fourth-order valence-corrected chi connectivity index (χ4v) is 6.74. The van der Waals surface area contributed by atoms with Gasteiger partial charge in [0.25, 0.3) is 0 Å². The SMILES string of the molecule is NC(=O)[C@H]1CCCN1CCOCC1C2CN(c3ncnc4scc(-c5ccc(F)cc5)c34)CC12. The second kappa shape index (κ2) is 8.87. The molecule has 34 heavy (non-hydrogen) atoms. The molecular weight excluding hydrogens is 453 g/mol. The predicted octanol–water partition coefficient (Wildman–Crippen LogP) is 3.15. The summed E-state index contributed by atoms with van der Waals surface area (Å²) in [6.07, 6.45) is 3.53. The van der Waals surface area contributed by atoms with E-state index in [9.17, 15) is 9.18 Å². The predicted molar refractivity (Wildman–Crippen MR) is 130 cm³/mol. The van der Waals surface area contributed by atoms with Crippen molar-refractivity contribution >= 4 is 33.3 Å². The molecule has 4 heterocycles. The maximum absolute atomic E-state index is 13.4. The van der Waals surface area contributed by atoms with E-state index in [1.54, 1.807) is 17.7 Å². The van der Waals surface area contributed by atoms with Crippen LogP contribution in [0.3, 0.4) is 0 Å². The molecule has 2 aliphatic heterocycles. The van der Waals surface area contributed by atoms with Crippen molar-refractivity contribution in [2.24, 2.45) is 23.5 Å². The zero-order chi connectivity index (χ0) is 23.2. The van der Waals surface area contributed by atoms with Gasteiger partial charge in [-0.25, -0.2) is 14.4 Å². The lowest BCUT2D eigenvalue weighted by Crippen LogP contribution is -2.41. The standard InChI is InChI=1S/C25H28FN5O2S/c26-16-5-3-15(4-6-16)20-13-34-25-22(20)24(28-14-29-25)31-10-17-18(11-31)19(17)12-33-9-8-30-7-1-2-21(30)23(27)32/h3-6,13-14,17-19,21H,1-2,7-12H2,(H2,27,32)/t17?,18?,19?,21-/m1/s1. The summed E-state index contributed by atoms with van der Waals surface area (Å²) in [5.74, 6) is 2.37. The first-order valence-electron chi connectivity index (χ1n) is 11.9. The van der Waals surface area contributed by atoms with Crippen LogP contribution < -0.4 is 10.6 Å². The molecule has 3 aromatic rings. The van der Waals surface area contributed by atoms with Crippen LogP contribution in [-0.4, -0.2) is 66.2 Å². The highest BCUT2D eigenvalue weighted by Gasteiger charge is 2.56. The minimum atomic E-state index is -0.235. The summed E-state index contributed by atoms with van der Waals surface area (Å²) in [5, 5.41) is 3.15. The topological polar surface area (TPSA) is 84.6 Å². The van der Waals surface area contributed by atoms with Crippen LogP contribution in [0.4, 0.5) is 10.2 Å². The minimum Gasteiger partial charge on any atom is -0.380 e. The van der Waals surface area contributed by atoms with Gasteiger partial charge in [-0.1, -0.05) is 12.1 Å². The number of aromatic nitrogens is 2. The second-order valence-corrected chi connectivity index (χ2v) is 10.5. The molecule has 1 aromatic carbocycles. The lowest BCUT2D eigenvalue weighted by molar-refractivity contribution is -0.122. The summed E-state index contributed by atoms with van der Waals surface area (Å²) in [6, 6.07) is 6.50. The molecule has 0 radical (unpaired) electrons. The molecule has 2 aromatic heterocycles. The number of nitrogens with zero attached hydrogens (tertiary/aromatic N) is 4. The van der Waals surface area contributed by atoms with Crippen LogP contribution in [0, 0.1) is 23.6 Å². The van der Waals surface area contributed by atoms with Gasteiger partial charge in [-0.3, -0.25) is 9.69 Å². The van der Waals surface area contributed by atoms with Crippen molar-refractivity contribution in [2.45, 2.75) is 18.9 Å². The number of hydrogen-bond acceptors (Lipinski definition) is 7. The number of benzene rings is 1. The fraction of sp³-hybridized carbons (Fsp3) is 0.480. The number of fused-ring (bicyclic) bond motifs is 2. The van der Waals surface area contributed by atoms with Crippen molar-refractivity contribution in [1.82, 2.24) is 14.9 Å². The summed E-state index contributed by atoms with van der Waals surface area (Å²) in [6.45, 7) is 5.06. The molecule has 2 unspecified atom stereocenters. The molecule has 2 saturated heterocycles. The zero-order valence-corrected chi connectivity index (χ0v) is 19.7. The van der Waals surface area contributed by atoms with E-state index in [1.165, 1.54) is 12.1 Å². The van der Waals surface area contributed by atoms with Crippen molar-refractivity contribution in [3.8, 4) is 11.1 Å². The number of carbonyl (C=O) groups is 1. The number of thiophene rings is 1. The zero-order valence-electron chi connectivity index (χ0n) is 18.9. The van der Waals surface area contributed by atoms with E-state index in [4.69, 9.17) is 10.5 Å². The van der Waals surface area contributed by atoms with Crippen LogP contribution in [0.2, 0.25) is 0 Å². The molecule has 3 aliphatic rings. The molecule has 1 amide bonds. The first-order valence-corrected chi connectivity index (χ1v) is 12.8. The number of halogens is 1. The third-order valence-corrected chi connectivity index (χ3v) is 8.59. The van der Waals surface area contributed by atoms with Gasteiger partial charge in [-0.15, -0.1) is 11.3 Å². The molecule has 0 bridgehead atoms. The lowest BCUT2D eigenvalue weighted by Gasteiger charge is -2.23. The van der Waals surface area contributed by atoms with E-state index in [-0.39, 0.29) is 17.8 Å². The van der Waals surface area contributed by atoms with Crippen molar-refractivity contribution < 1.29 is 13.9 Å². The van der Waals surface area contributed by atoms with E-state index in [0.717, 1.165) is 72.8 Å². The van der Waals surface area contributed by atoms with Crippen molar-refractivity contribution in [2.75, 3.05) is 44.3 Å². The van der Waals surface area contributed by atoms with Crippen molar-refractivity contribution in [1.29, 1.82) is 0 Å². The van der Waals surface area contributed by atoms with Gasteiger partial charge in [0.2, 0.25) is 5.91 Å². The highest BCUT2D eigenvalue weighted by atomic mass is 32.1. The maximum Gasteiger partial charge on any atom is 0.234 e. The molecule has 1 saturated carbocycles. The van der Waals surface area contributed by atoms with E-state index in [2.05, 4.69) is 25.1 Å². The Labute approximate surface area is 201 Å². The van der Waals surface area contributed by atoms with E-state index in [1.807, 2.05) is 12.1 Å². The molecule has 1 aliphatic carbocycles. The number of anilines is 1. The summed E-state index contributed by atoms with van der Waals surface area (Å²) in [4.78, 5) is 26.1. The first-order chi connectivity index (χ1) is 16.6. The molecular formula is C25H28FN5O2S. The van der Waals surface area contributed by atoms with Gasteiger partial charge in [0.1, 0.15) is 22.8 Å². The normalized spacial score (nSPS) is 26.3. The Morgan fingerprint density at radius 2 is 2.00 bits per heavy atom. The highest BCUT2D eigenvalue weighted by Crippen LogP contribution is 2.53. The monoisotopic (exact) mass is 481 g/mol. The van der Waals surface area contributed by atoms with E-state index in [0.29, 0.717) is 24.4 Å². The Morgan fingerprint density at radius 1 is 1.21 bits per heavy atom. The number of ether oxygens (including phenoxy) is 1. The molecule has 6 rings (SSSR count). The van der Waals surface area contributed by atoms with Gasteiger partial charge < -0.3 is 15.4 Å². The maximum atomic E-state index is 13.4. The third-order valence-electron chi connectivity index (χ3n) is 7.70. The molecule has 7 nitrogen and oxygen atoms in total. The Kier molecular flexibility index (Phi) is 5.71. The number of likely N-dealkylation sites (tertiary alicyclic amines) is 1. The number of amides is 1. The van der Waals surface area contributed by atoms with Crippen LogP contribution in [0.5, 0.6) is 0 Å². The molecule has 178 valence electrons. The number of rotatable bonds is 8. The quantitative estimate of drug-likeness (QED) is 0.498. The van der Waals surface area contributed by atoms with Crippen LogP contribution in [0.25, 0.3) is 21.3 Å². The summed E-state index contributed by atoms with van der Waals surface area (Å²) < 4.78 is 19.4. The molecule has 9 heteroatoms. The van der Waals surface area contributed by atoms with E-state index < -0.39 is 0 Å². The molecule has 3 fully saturated rings. The average molecular weight is 482 g/mol. The van der Waals surface area contributed by atoms with E-state index >= 15 is 0 Å². The molecule has 0 spiro atoms. The number of piperidine rings is 1. The fourth-order valence-electron chi connectivity index (χ4n) is 5.83. The number of nitrogens with two attached hydrogens (primary N) is 1. The van der Waals surface area contributed by atoms with Crippen LogP contribution in [0.1, 0.15) is 12.8 Å². The van der Waals surface area contributed by atoms with Gasteiger partial charge in [0.15, 0.2) is 0 Å². The number of carbonyl (C=O) groups excluding carboxylic acids is 1. The number of primary amides is 1. The molecule has 2 N–H and O–H groups in total. The second-order valence-electron chi connectivity index (χ2n) is 9.60. The third kappa shape index (κ3) is 3.95. The highest BCUT2D eigenvalue weighted by molar-refractivity contribution is 7.17. The van der Waals surface area contributed by atoms with Crippen LogP contribution in [0.15, 0.2) is 36.0 Å². The van der Waals surface area contributed by atoms with Crippen LogP contribution in [-0.2, 0) is 9.53 Å². The Balaban J connectivity index is 1.07. The first kappa shape index (κ1) is 21.9. The van der Waals surface area contributed by atoms with Gasteiger partial charge in [0.05, 0.1) is 24.6 Å². The Hall–Kier alpha value is -2.62. The van der Waals surface area contributed by atoms with Gasteiger partial charge in [0, 0.05) is 30.6 Å². The molecule has 3 atom stereocenters. The van der Waals surface area contributed by atoms with Crippen LogP contribution >= 0.6 is 11.3 Å². The largest absolute Gasteiger partial charge is 0.380 e. The Morgan fingerprint density at radius 3 is 2.76 bits per heavy atom. The van der Waals surface area contributed by atoms with Crippen molar-refractivity contribution in [3.63, 3.8) is 0 Å². The lowest BCUT2D eigenvalue weighted by atomic mass is 10.1. The van der Waals surface area contributed by atoms with Gasteiger partial charge in [-0.2, -0.15) is 0 Å².